The van der Waals surface area contributed by atoms with Crippen LogP contribution in [0.3, 0.4) is 0 Å². The number of rotatable bonds is 3. The number of hydrogen-bond donors (Lipinski definition) is 0. The Hall–Kier alpha value is -0.300. The normalized spacial score (nSPS) is 15.4. The first-order chi connectivity index (χ1) is 7.27. The monoisotopic (exact) mass is 301 g/mol. The van der Waals surface area contributed by atoms with Gasteiger partial charge in [0.2, 0.25) is 0 Å². The highest BCUT2D eigenvalue weighted by Gasteiger charge is 2.14. The van der Waals surface area contributed by atoms with Crippen LogP contribution >= 0.6 is 22.3 Å². The van der Waals surface area contributed by atoms with Gasteiger partial charge in [0.1, 0.15) is 0 Å². The maximum atomic E-state index is 12.2. The van der Waals surface area contributed by atoms with Gasteiger partial charge in [0.25, 0.3) is 0 Å². The molecule has 0 aromatic heterocycles. The molecule has 0 aliphatic rings. The van der Waals surface area contributed by atoms with Crippen molar-refractivity contribution in [1.29, 1.82) is 0 Å². The van der Waals surface area contributed by atoms with Crippen molar-refractivity contribution in [3.05, 3.63) is 29.3 Å². The second-order valence-corrected chi connectivity index (χ2v) is 8.23. The molecule has 0 radical (unpaired) electrons. The van der Waals surface area contributed by atoms with E-state index in [1.54, 1.807) is 6.92 Å². The quantitative estimate of drug-likeness (QED) is 0.806. The highest BCUT2D eigenvalue weighted by atomic mass is 35.7. The molecular weight excluding hydrogens is 293 g/mol. The summed E-state index contributed by atoms with van der Waals surface area (Å²) in [5.74, 6) is 0.0561. The van der Waals surface area contributed by atoms with Crippen molar-refractivity contribution >= 4 is 41.2 Å². The molecule has 0 saturated heterocycles. The highest BCUT2D eigenvalue weighted by molar-refractivity contribution is 8.17. The van der Waals surface area contributed by atoms with Crippen LogP contribution in [0.15, 0.2) is 32.9 Å². The average molecular weight is 302 g/mol. The maximum Gasteiger partial charge on any atom is 0.347 e. The summed E-state index contributed by atoms with van der Waals surface area (Å²) in [7, 11) is -2.22. The van der Waals surface area contributed by atoms with Crippen LogP contribution in [0.4, 0.5) is 0 Å². The van der Waals surface area contributed by atoms with Gasteiger partial charge in [0.15, 0.2) is 0 Å². The molecule has 16 heavy (non-hydrogen) atoms. The summed E-state index contributed by atoms with van der Waals surface area (Å²) >= 11 is 5.67. The van der Waals surface area contributed by atoms with Crippen LogP contribution in [-0.2, 0) is 19.0 Å². The number of hydrogen-bond acceptors (Lipinski definition) is 3. The van der Waals surface area contributed by atoms with E-state index in [1.807, 2.05) is 0 Å². The van der Waals surface area contributed by atoms with Crippen molar-refractivity contribution in [2.24, 2.45) is 3.77 Å². The summed E-state index contributed by atoms with van der Waals surface area (Å²) in [6.45, 7) is 1.57. The van der Waals surface area contributed by atoms with E-state index in [9.17, 15) is 12.6 Å². The predicted molar refractivity (Wildman–Crippen MR) is 65.6 cm³/mol. The molecule has 0 heterocycles. The number of benzene rings is 1. The minimum Gasteiger partial charge on any atom is -0.244 e. The van der Waals surface area contributed by atoms with Gasteiger partial charge in [-0.2, -0.15) is 8.42 Å². The first kappa shape index (κ1) is 13.8. The van der Waals surface area contributed by atoms with Crippen molar-refractivity contribution < 1.29 is 12.6 Å². The SMILES string of the molecule is CCS(=O)(=NS(=O)(=O)Cl)c1ccc(Cl)cc1. The van der Waals surface area contributed by atoms with Gasteiger partial charge in [-0.3, -0.25) is 0 Å². The summed E-state index contributed by atoms with van der Waals surface area (Å²) in [5.41, 5.74) is 0. The molecule has 90 valence electrons. The van der Waals surface area contributed by atoms with Crippen LogP contribution in [0, 0.1) is 0 Å². The molecule has 8 heteroatoms. The largest absolute Gasteiger partial charge is 0.347 e. The van der Waals surface area contributed by atoms with Crippen LogP contribution in [0.25, 0.3) is 0 Å². The standard InChI is InChI=1S/C8H9Cl2NO3S2/c1-2-15(12,11-16(10,13)14)8-5-3-7(9)4-6-8/h3-6H,2H2,1H3. The van der Waals surface area contributed by atoms with Crippen LogP contribution in [0.2, 0.25) is 5.02 Å². The lowest BCUT2D eigenvalue weighted by Gasteiger charge is -2.06. The lowest BCUT2D eigenvalue weighted by atomic mass is 10.4. The molecule has 0 amide bonds. The smallest absolute Gasteiger partial charge is 0.244 e. The Balaban J connectivity index is 3.43. The van der Waals surface area contributed by atoms with E-state index in [0.717, 1.165) is 0 Å². The van der Waals surface area contributed by atoms with Crippen molar-refractivity contribution in [3.63, 3.8) is 0 Å². The highest BCUT2D eigenvalue weighted by Crippen LogP contribution is 2.19. The molecule has 4 nitrogen and oxygen atoms in total. The van der Waals surface area contributed by atoms with E-state index in [2.05, 4.69) is 3.77 Å². The summed E-state index contributed by atoms with van der Waals surface area (Å²) in [6.07, 6.45) is 0. The van der Waals surface area contributed by atoms with Gasteiger partial charge >= 0.3 is 9.24 Å². The molecule has 0 bridgehead atoms. The van der Waals surface area contributed by atoms with Crippen LogP contribution < -0.4 is 0 Å². The van der Waals surface area contributed by atoms with Gasteiger partial charge in [-0.05, 0) is 24.3 Å². The van der Waals surface area contributed by atoms with E-state index in [1.165, 1.54) is 24.3 Å². The minimum atomic E-state index is -4.16. The van der Waals surface area contributed by atoms with E-state index in [-0.39, 0.29) is 5.75 Å². The van der Waals surface area contributed by atoms with Gasteiger partial charge in [-0.25, -0.2) is 4.21 Å². The Bertz CT molecular complexity index is 586. The van der Waals surface area contributed by atoms with Crippen molar-refractivity contribution in [1.82, 2.24) is 0 Å². The molecule has 1 unspecified atom stereocenters. The average Bonchev–Trinajstić information content (AvgIpc) is 2.16. The van der Waals surface area contributed by atoms with Gasteiger partial charge in [0.05, 0.1) is 9.73 Å². The molecule has 1 aromatic rings. The third-order valence-corrected chi connectivity index (χ3v) is 6.01. The van der Waals surface area contributed by atoms with E-state index >= 15 is 0 Å². The number of halogens is 2. The lowest BCUT2D eigenvalue weighted by molar-refractivity contribution is 0.611. The molecule has 0 spiro atoms. The van der Waals surface area contributed by atoms with Crippen LogP contribution in [0.5, 0.6) is 0 Å². The Morgan fingerprint density at radius 3 is 2.06 bits per heavy atom. The summed E-state index contributed by atoms with van der Waals surface area (Å²) < 4.78 is 37.1. The zero-order valence-corrected chi connectivity index (χ0v) is 11.4. The van der Waals surface area contributed by atoms with Gasteiger partial charge in [-0.1, -0.05) is 22.3 Å². The first-order valence-corrected chi connectivity index (χ1v) is 8.56. The fourth-order valence-corrected chi connectivity index (χ4v) is 4.81. The Kier molecular flexibility index (Phi) is 4.23. The Morgan fingerprint density at radius 1 is 1.19 bits per heavy atom. The Morgan fingerprint density at radius 2 is 1.69 bits per heavy atom. The second kappa shape index (κ2) is 4.91. The van der Waals surface area contributed by atoms with E-state index in [0.29, 0.717) is 9.92 Å². The van der Waals surface area contributed by atoms with E-state index in [4.69, 9.17) is 22.3 Å². The molecule has 0 aliphatic carbocycles. The maximum absolute atomic E-state index is 12.2. The fourth-order valence-electron chi connectivity index (χ4n) is 1.05. The second-order valence-electron chi connectivity index (χ2n) is 2.87. The summed E-state index contributed by atoms with van der Waals surface area (Å²) in [4.78, 5) is 0.295. The molecule has 0 aliphatic heterocycles. The van der Waals surface area contributed by atoms with Crippen molar-refractivity contribution in [2.45, 2.75) is 11.8 Å². The van der Waals surface area contributed by atoms with Gasteiger partial charge in [-0.15, -0.1) is 0 Å². The predicted octanol–water partition coefficient (Wildman–Crippen LogP) is 2.67. The molecule has 1 aromatic carbocycles. The van der Waals surface area contributed by atoms with Gasteiger partial charge < -0.3 is 0 Å². The zero-order chi connectivity index (χ0) is 12.4. The van der Waals surface area contributed by atoms with Crippen LogP contribution in [0.1, 0.15) is 6.92 Å². The lowest BCUT2D eigenvalue weighted by Crippen LogP contribution is -2.05. The summed E-state index contributed by atoms with van der Waals surface area (Å²) in [5, 5.41) is 0.468. The number of nitrogens with zero attached hydrogens (tertiary/aromatic N) is 1. The third kappa shape index (κ3) is 3.62. The molecule has 1 atom stereocenters. The molecular formula is C8H9Cl2NO3S2. The van der Waals surface area contributed by atoms with Crippen molar-refractivity contribution in [2.75, 3.05) is 5.75 Å². The topological polar surface area (TPSA) is 63.6 Å². The third-order valence-electron chi connectivity index (χ3n) is 1.78. The van der Waals surface area contributed by atoms with Crippen molar-refractivity contribution in [3.8, 4) is 0 Å². The van der Waals surface area contributed by atoms with Gasteiger partial charge in [0, 0.05) is 26.4 Å². The summed E-state index contributed by atoms with van der Waals surface area (Å²) in [6, 6.07) is 5.98. The Labute approximate surface area is 104 Å². The molecule has 0 saturated carbocycles. The van der Waals surface area contributed by atoms with Crippen LogP contribution in [-0.4, -0.2) is 18.4 Å². The van der Waals surface area contributed by atoms with E-state index < -0.39 is 19.0 Å². The fraction of sp³-hybridized carbons (Fsp3) is 0.250. The minimum absolute atomic E-state index is 0.0561. The zero-order valence-electron chi connectivity index (χ0n) is 8.26. The molecule has 0 N–H and O–H groups in total. The first-order valence-electron chi connectivity index (χ1n) is 4.23. The molecule has 1 rings (SSSR count). The molecule has 0 fully saturated rings.